The summed E-state index contributed by atoms with van der Waals surface area (Å²) in [6.45, 7) is 0.678. The van der Waals surface area contributed by atoms with Crippen LogP contribution in [0.1, 0.15) is 10.4 Å². The number of hydrogen-bond donors (Lipinski definition) is 3. The first kappa shape index (κ1) is 10.7. The van der Waals surface area contributed by atoms with Gasteiger partial charge >= 0.3 is 0 Å². The SMILES string of the molecule is O=C(NC1=NCCS1)c1c[nH]c(=O)cc1O. The minimum atomic E-state index is -0.484. The minimum Gasteiger partial charge on any atom is -0.507 e. The number of rotatable bonds is 1. The van der Waals surface area contributed by atoms with Crippen LogP contribution in [-0.4, -0.2) is 33.5 Å². The predicted molar refractivity (Wildman–Crippen MR) is 61.0 cm³/mol. The maximum Gasteiger partial charge on any atom is 0.262 e. The molecule has 2 rings (SSSR count). The Kier molecular flexibility index (Phi) is 2.95. The Hall–Kier alpha value is -1.76. The third-order valence-electron chi connectivity index (χ3n) is 1.95. The summed E-state index contributed by atoms with van der Waals surface area (Å²) in [6.07, 6.45) is 1.17. The molecule has 1 aromatic rings. The molecule has 0 fully saturated rings. The number of aromatic nitrogens is 1. The average Bonchev–Trinajstić information content (AvgIpc) is 2.70. The Morgan fingerprint density at radius 2 is 2.44 bits per heavy atom. The molecule has 0 spiro atoms. The summed E-state index contributed by atoms with van der Waals surface area (Å²) in [5, 5.41) is 12.5. The lowest BCUT2D eigenvalue weighted by Gasteiger charge is -2.04. The summed E-state index contributed by atoms with van der Waals surface area (Å²) in [7, 11) is 0. The van der Waals surface area contributed by atoms with Crippen LogP contribution in [0.2, 0.25) is 0 Å². The first-order valence-corrected chi connectivity index (χ1v) is 5.55. The second kappa shape index (κ2) is 4.40. The zero-order chi connectivity index (χ0) is 11.5. The fraction of sp³-hybridized carbons (Fsp3) is 0.222. The van der Waals surface area contributed by atoms with Crippen molar-refractivity contribution in [1.82, 2.24) is 10.3 Å². The number of nitrogens with one attached hydrogen (secondary N) is 2. The molecule has 1 aliphatic rings. The summed E-state index contributed by atoms with van der Waals surface area (Å²) in [4.78, 5) is 28.8. The number of nitrogens with zero attached hydrogens (tertiary/aromatic N) is 1. The van der Waals surface area contributed by atoms with E-state index in [1.54, 1.807) is 0 Å². The standard InChI is InChI=1S/C9H9N3O3S/c13-6-3-7(14)11-4-5(6)8(15)12-9-10-1-2-16-9/h3-4H,1-2H2,(H,10,12,15)(H2,11,13,14). The van der Waals surface area contributed by atoms with Gasteiger partial charge < -0.3 is 15.4 Å². The summed E-state index contributed by atoms with van der Waals surface area (Å²) in [5.41, 5.74) is -0.434. The Balaban J connectivity index is 2.17. The van der Waals surface area contributed by atoms with Gasteiger partial charge in [0.15, 0.2) is 5.17 Å². The van der Waals surface area contributed by atoms with E-state index in [4.69, 9.17) is 0 Å². The number of thioether (sulfide) groups is 1. The molecule has 1 amide bonds. The van der Waals surface area contributed by atoms with E-state index in [-0.39, 0.29) is 11.3 Å². The molecule has 0 radical (unpaired) electrons. The fourth-order valence-electron chi connectivity index (χ4n) is 1.22. The smallest absolute Gasteiger partial charge is 0.262 e. The number of carbonyl (C=O) groups excluding carboxylic acids is 1. The number of H-pyrrole nitrogens is 1. The van der Waals surface area contributed by atoms with Gasteiger partial charge in [-0.05, 0) is 0 Å². The number of aromatic hydroxyl groups is 1. The van der Waals surface area contributed by atoms with Crippen molar-refractivity contribution >= 4 is 22.8 Å². The van der Waals surface area contributed by atoms with Gasteiger partial charge in [0.2, 0.25) is 0 Å². The highest BCUT2D eigenvalue weighted by Gasteiger charge is 2.15. The third kappa shape index (κ3) is 2.25. The normalized spacial score (nSPS) is 14.6. The Bertz CT molecular complexity index is 509. The summed E-state index contributed by atoms with van der Waals surface area (Å²) >= 11 is 1.44. The first-order chi connectivity index (χ1) is 7.66. The molecule has 0 saturated heterocycles. The van der Waals surface area contributed by atoms with E-state index in [0.717, 1.165) is 11.8 Å². The summed E-state index contributed by atoms with van der Waals surface area (Å²) in [6, 6.07) is 0.957. The van der Waals surface area contributed by atoms with Gasteiger partial charge in [-0.2, -0.15) is 0 Å². The number of pyridine rings is 1. The van der Waals surface area contributed by atoms with Crippen LogP contribution in [0.5, 0.6) is 5.75 Å². The van der Waals surface area contributed by atoms with Crippen LogP contribution >= 0.6 is 11.8 Å². The van der Waals surface area contributed by atoms with Crippen LogP contribution in [0.4, 0.5) is 0 Å². The van der Waals surface area contributed by atoms with Crippen molar-refractivity contribution in [3.8, 4) is 5.75 Å². The van der Waals surface area contributed by atoms with Gasteiger partial charge in [0, 0.05) is 18.0 Å². The van der Waals surface area contributed by atoms with E-state index in [1.807, 2.05) is 0 Å². The molecule has 0 unspecified atom stereocenters. The molecule has 6 nitrogen and oxygen atoms in total. The van der Waals surface area contributed by atoms with Gasteiger partial charge in [0.05, 0.1) is 12.1 Å². The number of hydrogen-bond acceptors (Lipinski definition) is 5. The van der Waals surface area contributed by atoms with Crippen molar-refractivity contribution < 1.29 is 9.90 Å². The molecule has 1 aromatic heterocycles. The van der Waals surface area contributed by atoms with Crippen LogP contribution in [0.25, 0.3) is 0 Å². The van der Waals surface area contributed by atoms with E-state index in [2.05, 4.69) is 15.3 Å². The second-order valence-electron chi connectivity index (χ2n) is 3.09. The zero-order valence-corrected chi connectivity index (χ0v) is 9.00. The van der Waals surface area contributed by atoms with Crippen LogP contribution < -0.4 is 10.9 Å². The lowest BCUT2D eigenvalue weighted by atomic mass is 10.2. The van der Waals surface area contributed by atoms with Crippen molar-refractivity contribution in [2.24, 2.45) is 4.99 Å². The molecule has 0 atom stereocenters. The van der Waals surface area contributed by atoms with E-state index in [1.165, 1.54) is 18.0 Å². The van der Waals surface area contributed by atoms with Crippen molar-refractivity contribution in [1.29, 1.82) is 0 Å². The Labute approximate surface area is 94.8 Å². The van der Waals surface area contributed by atoms with Crippen LogP contribution in [0.3, 0.4) is 0 Å². The number of carbonyl (C=O) groups is 1. The molecule has 0 bridgehead atoms. The van der Waals surface area contributed by atoms with Gasteiger partial charge in [-0.3, -0.25) is 14.6 Å². The highest BCUT2D eigenvalue weighted by molar-refractivity contribution is 8.14. The lowest BCUT2D eigenvalue weighted by molar-refractivity contribution is 0.0975. The fourth-order valence-corrected chi connectivity index (χ4v) is 1.94. The highest BCUT2D eigenvalue weighted by atomic mass is 32.2. The topological polar surface area (TPSA) is 94.5 Å². The third-order valence-corrected chi connectivity index (χ3v) is 2.84. The van der Waals surface area contributed by atoms with Crippen molar-refractivity contribution in [3.63, 3.8) is 0 Å². The number of aliphatic imine (C=N–C) groups is 1. The maximum atomic E-state index is 11.6. The average molecular weight is 239 g/mol. The van der Waals surface area contributed by atoms with Crippen molar-refractivity contribution in [2.75, 3.05) is 12.3 Å². The first-order valence-electron chi connectivity index (χ1n) is 4.57. The lowest BCUT2D eigenvalue weighted by Crippen LogP contribution is -2.28. The molecule has 2 heterocycles. The van der Waals surface area contributed by atoms with E-state index >= 15 is 0 Å². The van der Waals surface area contributed by atoms with Crippen LogP contribution in [-0.2, 0) is 0 Å². The number of amides is 1. The van der Waals surface area contributed by atoms with Gasteiger partial charge in [-0.1, -0.05) is 11.8 Å². The maximum absolute atomic E-state index is 11.6. The molecular formula is C9H9N3O3S. The van der Waals surface area contributed by atoms with Gasteiger partial charge in [-0.15, -0.1) is 0 Å². The van der Waals surface area contributed by atoms with E-state index in [0.29, 0.717) is 11.7 Å². The quantitative estimate of drug-likeness (QED) is 0.638. The highest BCUT2D eigenvalue weighted by Crippen LogP contribution is 2.14. The Morgan fingerprint density at radius 3 is 3.06 bits per heavy atom. The molecule has 84 valence electrons. The monoisotopic (exact) mass is 239 g/mol. The molecule has 16 heavy (non-hydrogen) atoms. The van der Waals surface area contributed by atoms with Crippen molar-refractivity contribution in [2.45, 2.75) is 0 Å². The second-order valence-corrected chi connectivity index (χ2v) is 4.17. The van der Waals surface area contributed by atoms with Crippen molar-refractivity contribution in [3.05, 3.63) is 28.2 Å². The summed E-state index contributed by atoms with van der Waals surface area (Å²) < 4.78 is 0. The number of amidine groups is 1. The largest absolute Gasteiger partial charge is 0.507 e. The molecule has 0 saturated carbocycles. The molecule has 0 aromatic carbocycles. The van der Waals surface area contributed by atoms with Crippen LogP contribution in [0, 0.1) is 0 Å². The van der Waals surface area contributed by atoms with Gasteiger partial charge in [-0.25, -0.2) is 0 Å². The number of aromatic amines is 1. The Morgan fingerprint density at radius 1 is 1.62 bits per heavy atom. The zero-order valence-electron chi connectivity index (χ0n) is 8.19. The summed E-state index contributed by atoms with van der Waals surface area (Å²) in [5.74, 6) is 0.0134. The molecular weight excluding hydrogens is 230 g/mol. The molecule has 1 aliphatic heterocycles. The van der Waals surface area contributed by atoms with Gasteiger partial charge in [0.1, 0.15) is 5.75 Å². The van der Waals surface area contributed by atoms with Crippen LogP contribution in [0.15, 0.2) is 22.1 Å². The minimum absolute atomic E-state index is 0.0230. The predicted octanol–water partition coefficient (Wildman–Crippen LogP) is -0.0869. The molecule has 0 aliphatic carbocycles. The van der Waals surface area contributed by atoms with Gasteiger partial charge in [0.25, 0.3) is 11.5 Å². The van der Waals surface area contributed by atoms with E-state index < -0.39 is 11.5 Å². The molecule has 7 heteroatoms. The molecule has 3 N–H and O–H groups in total. The van der Waals surface area contributed by atoms with E-state index in [9.17, 15) is 14.7 Å².